The number of nitrogens with one attached hydrogen (secondary N) is 1. The van der Waals surface area contributed by atoms with Gasteiger partial charge in [-0.2, -0.15) is 0 Å². The lowest BCUT2D eigenvalue weighted by atomic mass is 9.77. The number of imidazole rings is 1. The van der Waals surface area contributed by atoms with Gasteiger partial charge in [0.25, 0.3) is 0 Å². The summed E-state index contributed by atoms with van der Waals surface area (Å²) in [5.74, 6) is 2.76. The Hall–Kier alpha value is -6.21. The molecule has 0 fully saturated rings. The SMILES string of the molecule is COc1ccc(Cc2nnc(Cc3c[nH]c4ccccc34)n2CCCc2cn(C(c3ccccc3)(c3ccccc3)c3ccccc3)cn2)cc1. The minimum Gasteiger partial charge on any atom is -0.497 e. The maximum Gasteiger partial charge on any atom is 0.137 e. The topological polar surface area (TPSA) is 73.6 Å². The fourth-order valence-corrected chi connectivity index (χ4v) is 7.35. The largest absolute Gasteiger partial charge is 0.497 e. The van der Waals surface area contributed by atoms with Crippen LogP contribution in [0.3, 0.4) is 0 Å². The molecule has 0 aliphatic carbocycles. The van der Waals surface area contributed by atoms with Gasteiger partial charge in [-0.25, -0.2) is 4.98 Å². The monoisotopic (exact) mass is 668 g/mol. The van der Waals surface area contributed by atoms with E-state index in [1.54, 1.807) is 7.11 Å². The molecule has 8 aromatic rings. The molecule has 0 spiro atoms. The van der Waals surface area contributed by atoms with Crippen molar-refractivity contribution < 1.29 is 4.74 Å². The second-order valence-electron chi connectivity index (χ2n) is 12.9. The highest BCUT2D eigenvalue weighted by atomic mass is 16.5. The van der Waals surface area contributed by atoms with E-state index in [1.807, 2.05) is 18.5 Å². The molecule has 3 heterocycles. The first-order valence-corrected chi connectivity index (χ1v) is 17.5. The molecular weight excluding hydrogens is 629 g/mol. The second-order valence-corrected chi connectivity index (χ2v) is 12.9. The lowest BCUT2D eigenvalue weighted by molar-refractivity contribution is 0.414. The molecule has 0 aliphatic heterocycles. The molecule has 1 N–H and O–H groups in total. The van der Waals surface area contributed by atoms with Crippen molar-refractivity contribution in [2.45, 2.75) is 37.8 Å². The number of hydrogen-bond donors (Lipinski definition) is 1. The van der Waals surface area contributed by atoms with Crippen LogP contribution in [0.15, 0.2) is 158 Å². The van der Waals surface area contributed by atoms with Gasteiger partial charge >= 0.3 is 0 Å². The number of para-hydroxylation sites is 1. The van der Waals surface area contributed by atoms with Crippen LogP contribution in [-0.2, 0) is 31.3 Å². The molecule has 0 saturated carbocycles. The van der Waals surface area contributed by atoms with Crippen molar-refractivity contribution in [3.8, 4) is 5.75 Å². The van der Waals surface area contributed by atoms with Gasteiger partial charge < -0.3 is 18.9 Å². The van der Waals surface area contributed by atoms with E-state index in [-0.39, 0.29) is 0 Å². The second kappa shape index (κ2) is 14.3. The summed E-state index contributed by atoms with van der Waals surface area (Å²) < 4.78 is 9.99. The Labute approximate surface area is 298 Å². The maximum atomic E-state index is 5.39. The van der Waals surface area contributed by atoms with Crippen molar-refractivity contribution in [1.29, 1.82) is 0 Å². The average Bonchev–Trinajstić information content (AvgIpc) is 3.94. The first kappa shape index (κ1) is 32.0. The normalized spacial score (nSPS) is 11.6. The maximum absolute atomic E-state index is 5.39. The fraction of sp³-hybridized carbons (Fsp3) is 0.159. The summed E-state index contributed by atoms with van der Waals surface area (Å²) in [6.07, 6.45) is 9.41. The van der Waals surface area contributed by atoms with Gasteiger partial charge in [0.15, 0.2) is 0 Å². The molecule has 0 amide bonds. The third-order valence-corrected chi connectivity index (χ3v) is 9.86. The van der Waals surface area contributed by atoms with Crippen molar-refractivity contribution in [1.82, 2.24) is 29.3 Å². The number of aromatic nitrogens is 6. The first-order chi connectivity index (χ1) is 25.2. The zero-order valence-electron chi connectivity index (χ0n) is 28.7. The molecule has 51 heavy (non-hydrogen) atoms. The van der Waals surface area contributed by atoms with Crippen LogP contribution < -0.4 is 4.74 Å². The molecule has 0 radical (unpaired) electrons. The van der Waals surface area contributed by atoms with Crippen molar-refractivity contribution >= 4 is 10.9 Å². The van der Waals surface area contributed by atoms with E-state index >= 15 is 0 Å². The number of aryl methyl sites for hydroxylation is 1. The number of H-pyrrole nitrogens is 1. The summed E-state index contributed by atoms with van der Waals surface area (Å²) in [7, 11) is 1.69. The zero-order chi connectivity index (χ0) is 34.5. The predicted octanol–water partition coefficient (Wildman–Crippen LogP) is 8.62. The Balaban J connectivity index is 1.10. The molecule has 0 atom stereocenters. The van der Waals surface area contributed by atoms with Gasteiger partial charge in [-0.15, -0.1) is 10.2 Å². The molecule has 0 bridgehead atoms. The number of aromatic amines is 1. The van der Waals surface area contributed by atoms with E-state index in [2.05, 4.69) is 154 Å². The van der Waals surface area contributed by atoms with Gasteiger partial charge in [0.1, 0.15) is 22.9 Å². The van der Waals surface area contributed by atoms with Crippen LogP contribution in [0.2, 0.25) is 0 Å². The number of ether oxygens (including phenoxy) is 1. The Morgan fingerprint density at radius 3 is 1.88 bits per heavy atom. The van der Waals surface area contributed by atoms with Crippen molar-refractivity contribution in [2.24, 2.45) is 0 Å². The highest BCUT2D eigenvalue weighted by molar-refractivity contribution is 5.83. The summed E-state index contributed by atoms with van der Waals surface area (Å²) in [5, 5.41) is 10.7. The molecule has 0 aliphatic rings. The predicted molar refractivity (Wildman–Crippen MR) is 202 cm³/mol. The Bertz CT molecular complexity index is 2230. The number of fused-ring (bicyclic) bond motifs is 1. The molecule has 7 heteroatoms. The molecule has 0 unspecified atom stereocenters. The van der Waals surface area contributed by atoms with Gasteiger partial charge in [0, 0.05) is 42.7 Å². The van der Waals surface area contributed by atoms with E-state index in [9.17, 15) is 0 Å². The van der Waals surface area contributed by atoms with Crippen LogP contribution in [-0.4, -0.2) is 36.4 Å². The molecule has 252 valence electrons. The number of nitrogens with zero attached hydrogens (tertiary/aromatic N) is 5. The van der Waals surface area contributed by atoms with Crippen LogP contribution in [0.1, 0.15) is 51.6 Å². The fourth-order valence-electron chi connectivity index (χ4n) is 7.35. The number of methoxy groups -OCH3 is 1. The van der Waals surface area contributed by atoms with Crippen molar-refractivity contribution in [2.75, 3.05) is 7.11 Å². The van der Waals surface area contributed by atoms with Gasteiger partial charge in [-0.05, 0) is 58.9 Å². The quantitative estimate of drug-likeness (QED) is 0.125. The minimum atomic E-state index is -0.582. The Morgan fingerprint density at radius 1 is 0.667 bits per heavy atom. The van der Waals surface area contributed by atoms with E-state index in [1.165, 1.54) is 33.2 Å². The standard InChI is InChI=1S/C44H40N6O/c1-51-39-25-23-33(24-26-39)28-42-47-48-43(29-34-30-45-41-22-12-11-21-40(34)41)50(42)27-13-20-38-31-49(32-46-38)44(35-14-5-2-6-15-35,36-16-7-3-8-17-36)37-18-9-4-10-19-37/h2-12,14-19,21-26,30-32,45H,13,20,27-29H2,1H3. The lowest BCUT2D eigenvalue weighted by Gasteiger charge is -2.37. The summed E-state index contributed by atoms with van der Waals surface area (Å²) in [4.78, 5) is 8.43. The van der Waals surface area contributed by atoms with E-state index in [0.29, 0.717) is 12.8 Å². The summed E-state index contributed by atoms with van der Waals surface area (Å²) >= 11 is 0. The number of hydrogen-bond acceptors (Lipinski definition) is 4. The molecule has 7 nitrogen and oxygen atoms in total. The summed E-state index contributed by atoms with van der Waals surface area (Å²) in [5.41, 5.74) is 7.52. The van der Waals surface area contributed by atoms with Crippen LogP contribution in [0.5, 0.6) is 5.75 Å². The summed E-state index contributed by atoms with van der Waals surface area (Å²) in [6, 6.07) is 48.8. The van der Waals surface area contributed by atoms with E-state index < -0.39 is 5.54 Å². The zero-order valence-corrected chi connectivity index (χ0v) is 28.7. The molecule has 3 aromatic heterocycles. The van der Waals surface area contributed by atoms with Crippen molar-refractivity contribution in [3.63, 3.8) is 0 Å². The minimum absolute atomic E-state index is 0.582. The average molecular weight is 669 g/mol. The molecule has 8 rings (SSSR count). The smallest absolute Gasteiger partial charge is 0.137 e. The third kappa shape index (κ3) is 6.34. The molecule has 5 aromatic carbocycles. The van der Waals surface area contributed by atoms with E-state index in [0.717, 1.165) is 48.0 Å². The van der Waals surface area contributed by atoms with Gasteiger partial charge in [0.05, 0.1) is 19.1 Å². The first-order valence-electron chi connectivity index (χ1n) is 17.5. The van der Waals surface area contributed by atoms with Crippen molar-refractivity contribution in [3.05, 3.63) is 203 Å². The lowest BCUT2D eigenvalue weighted by Crippen LogP contribution is -2.36. The Morgan fingerprint density at radius 2 is 1.25 bits per heavy atom. The van der Waals surface area contributed by atoms with Crippen LogP contribution >= 0.6 is 0 Å². The van der Waals surface area contributed by atoms with E-state index in [4.69, 9.17) is 19.9 Å². The van der Waals surface area contributed by atoms with Gasteiger partial charge in [0.2, 0.25) is 0 Å². The molecular formula is C44H40N6O. The summed E-state index contributed by atoms with van der Waals surface area (Å²) in [6.45, 7) is 0.782. The van der Waals surface area contributed by atoms with Crippen LogP contribution in [0, 0.1) is 0 Å². The highest BCUT2D eigenvalue weighted by Gasteiger charge is 2.38. The number of rotatable bonds is 13. The number of benzene rings is 5. The van der Waals surface area contributed by atoms with Gasteiger partial charge in [-0.1, -0.05) is 121 Å². The van der Waals surface area contributed by atoms with Crippen LogP contribution in [0.25, 0.3) is 10.9 Å². The van der Waals surface area contributed by atoms with Gasteiger partial charge in [-0.3, -0.25) is 0 Å². The molecule has 0 saturated heterocycles. The third-order valence-electron chi connectivity index (χ3n) is 9.86. The van der Waals surface area contributed by atoms with Crippen LogP contribution in [0.4, 0.5) is 0 Å². The Kier molecular flexibility index (Phi) is 9.00. The highest BCUT2D eigenvalue weighted by Crippen LogP contribution is 2.40.